The van der Waals surface area contributed by atoms with Crippen LogP contribution in [-0.2, 0) is 25.0 Å². The van der Waals surface area contributed by atoms with Gasteiger partial charge in [0.05, 0.1) is 4.90 Å². The van der Waals surface area contributed by atoms with Crippen LogP contribution in [-0.4, -0.2) is 44.0 Å². The number of nitrogens with one attached hydrogen (secondary N) is 2. The van der Waals surface area contributed by atoms with Crippen molar-refractivity contribution in [3.05, 3.63) is 60.2 Å². The van der Waals surface area contributed by atoms with Crippen LogP contribution in [0.25, 0.3) is 0 Å². The zero-order chi connectivity index (χ0) is 21.2. The van der Waals surface area contributed by atoms with Gasteiger partial charge < -0.3 is 10.6 Å². The Bertz CT molecular complexity index is 1050. The lowest BCUT2D eigenvalue weighted by Crippen LogP contribution is -2.44. The van der Waals surface area contributed by atoms with Crippen LogP contribution in [0.4, 0.5) is 10.5 Å². The normalized spacial score (nSPS) is 19.2. The van der Waals surface area contributed by atoms with Gasteiger partial charge in [0, 0.05) is 11.9 Å². The highest BCUT2D eigenvalue weighted by molar-refractivity contribution is 7.90. The van der Waals surface area contributed by atoms with E-state index in [4.69, 9.17) is 0 Å². The maximum Gasteiger partial charge on any atom is 0.325 e. The average molecular weight is 415 g/mol. The Kier molecular flexibility index (Phi) is 5.43. The highest BCUT2D eigenvalue weighted by atomic mass is 32.2. The fourth-order valence-electron chi connectivity index (χ4n) is 3.26. The molecule has 2 aromatic rings. The van der Waals surface area contributed by atoms with Gasteiger partial charge >= 0.3 is 6.03 Å². The third kappa shape index (κ3) is 4.00. The number of rotatable bonds is 6. The molecule has 8 nitrogen and oxygen atoms in total. The van der Waals surface area contributed by atoms with Crippen molar-refractivity contribution in [2.24, 2.45) is 0 Å². The van der Waals surface area contributed by atoms with Crippen LogP contribution >= 0.6 is 0 Å². The summed E-state index contributed by atoms with van der Waals surface area (Å²) in [6, 6.07) is 13.9. The molecule has 1 aliphatic rings. The molecule has 152 valence electrons. The van der Waals surface area contributed by atoms with E-state index in [2.05, 4.69) is 10.6 Å². The molecular formula is C20H21N3O5S. The first-order valence-corrected chi connectivity index (χ1v) is 10.9. The smallest absolute Gasteiger partial charge is 0.325 e. The molecule has 1 heterocycles. The molecule has 1 aliphatic heterocycles. The van der Waals surface area contributed by atoms with E-state index >= 15 is 0 Å². The van der Waals surface area contributed by atoms with Crippen LogP contribution < -0.4 is 10.6 Å². The van der Waals surface area contributed by atoms with Crippen molar-refractivity contribution < 1.29 is 22.8 Å². The van der Waals surface area contributed by atoms with Gasteiger partial charge in [0.1, 0.15) is 12.1 Å². The summed E-state index contributed by atoms with van der Waals surface area (Å²) in [5.74, 6) is -1.06. The molecule has 0 saturated carbocycles. The molecule has 0 aromatic heterocycles. The fourth-order valence-corrected chi connectivity index (χ4v) is 3.89. The molecule has 1 atom stereocenters. The van der Waals surface area contributed by atoms with Crippen molar-refractivity contribution in [1.82, 2.24) is 10.2 Å². The lowest BCUT2D eigenvalue weighted by Gasteiger charge is -2.25. The van der Waals surface area contributed by atoms with Gasteiger partial charge in [-0.05, 0) is 36.2 Å². The standard InChI is InChI=1S/C20H21N3O5S/c1-3-20(14-7-5-4-6-8-14)18(25)23(19(26)22-20)13-17(24)21-15-9-11-16(12-10-15)29(2,27)28/h4-12H,3,13H2,1-2H3,(H,21,24)(H,22,26). The number of amides is 4. The average Bonchev–Trinajstić information content (AvgIpc) is 2.93. The van der Waals surface area contributed by atoms with Crippen molar-refractivity contribution in [2.75, 3.05) is 18.1 Å². The number of anilines is 1. The van der Waals surface area contributed by atoms with E-state index < -0.39 is 39.8 Å². The van der Waals surface area contributed by atoms with E-state index in [1.165, 1.54) is 24.3 Å². The van der Waals surface area contributed by atoms with Crippen LogP contribution in [0.5, 0.6) is 0 Å². The first-order chi connectivity index (χ1) is 13.7. The third-order valence-corrected chi connectivity index (χ3v) is 5.97. The van der Waals surface area contributed by atoms with E-state index in [-0.39, 0.29) is 4.90 Å². The van der Waals surface area contributed by atoms with Crippen LogP contribution in [0.3, 0.4) is 0 Å². The molecule has 0 radical (unpaired) electrons. The Morgan fingerprint density at radius 1 is 1.07 bits per heavy atom. The summed E-state index contributed by atoms with van der Waals surface area (Å²) in [5, 5.41) is 5.28. The number of urea groups is 1. The Labute approximate surface area is 168 Å². The summed E-state index contributed by atoms with van der Waals surface area (Å²) < 4.78 is 23.0. The Morgan fingerprint density at radius 2 is 1.69 bits per heavy atom. The zero-order valence-electron chi connectivity index (χ0n) is 16.0. The van der Waals surface area contributed by atoms with E-state index in [9.17, 15) is 22.8 Å². The van der Waals surface area contributed by atoms with Crippen LogP contribution in [0, 0.1) is 0 Å². The van der Waals surface area contributed by atoms with Crippen molar-refractivity contribution in [3.63, 3.8) is 0 Å². The maximum absolute atomic E-state index is 13.0. The van der Waals surface area contributed by atoms with Gasteiger partial charge in [0.15, 0.2) is 9.84 Å². The van der Waals surface area contributed by atoms with Gasteiger partial charge in [-0.15, -0.1) is 0 Å². The summed E-state index contributed by atoms with van der Waals surface area (Å²) in [6.45, 7) is 1.34. The molecule has 2 N–H and O–H groups in total. The zero-order valence-corrected chi connectivity index (χ0v) is 16.8. The lowest BCUT2D eigenvalue weighted by molar-refractivity contribution is -0.134. The molecule has 9 heteroatoms. The fraction of sp³-hybridized carbons (Fsp3) is 0.250. The first kappa shape index (κ1) is 20.5. The Balaban J connectivity index is 1.74. The highest BCUT2D eigenvalue weighted by Crippen LogP contribution is 2.32. The molecule has 0 bridgehead atoms. The number of imide groups is 1. The second kappa shape index (κ2) is 7.67. The van der Waals surface area contributed by atoms with Crippen molar-refractivity contribution in [1.29, 1.82) is 0 Å². The van der Waals surface area contributed by atoms with E-state index in [0.717, 1.165) is 11.2 Å². The van der Waals surface area contributed by atoms with E-state index in [1.807, 2.05) is 6.07 Å². The van der Waals surface area contributed by atoms with Gasteiger partial charge in [0.25, 0.3) is 5.91 Å². The largest absolute Gasteiger partial charge is 0.325 e. The van der Waals surface area contributed by atoms with Gasteiger partial charge in [-0.25, -0.2) is 13.2 Å². The quantitative estimate of drug-likeness (QED) is 0.700. The molecule has 1 saturated heterocycles. The van der Waals surface area contributed by atoms with Crippen molar-refractivity contribution in [2.45, 2.75) is 23.8 Å². The van der Waals surface area contributed by atoms with Crippen LogP contribution in [0.2, 0.25) is 0 Å². The SMILES string of the molecule is CCC1(c2ccccc2)NC(=O)N(CC(=O)Nc2ccc(S(C)(=O)=O)cc2)C1=O. The second-order valence-corrected chi connectivity index (χ2v) is 8.81. The summed E-state index contributed by atoms with van der Waals surface area (Å²) in [6.07, 6.45) is 1.43. The predicted molar refractivity (Wildman–Crippen MR) is 107 cm³/mol. The van der Waals surface area contributed by atoms with Gasteiger partial charge in [-0.2, -0.15) is 0 Å². The molecule has 1 unspecified atom stereocenters. The van der Waals surface area contributed by atoms with Crippen molar-refractivity contribution >= 4 is 33.4 Å². The summed E-state index contributed by atoms with van der Waals surface area (Å²) in [7, 11) is -3.34. The third-order valence-electron chi connectivity index (χ3n) is 4.84. The Hall–Kier alpha value is -3.20. The van der Waals surface area contributed by atoms with Crippen LogP contribution in [0.15, 0.2) is 59.5 Å². The second-order valence-electron chi connectivity index (χ2n) is 6.79. The number of carbonyl (C=O) groups is 3. The van der Waals surface area contributed by atoms with Gasteiger partial charge in [-0.1, -0.05) is 37.3 Å². The number of sulfone groups is 1. The lowest BCUT2D eigenvalue weighted by atomic mass is 9.87. The van der Waals surface area contributed by atoms with Gasteiger partial charge in [0.2, 0.25) is 5.91 Å². The minimum atomic E-state index is -3.34. The predicted octanol–water partition coefficient (Wildman–Crippen LogP) is 1.89. The molecule has 1 fully saturated rings. The molecule has 0 aliphatic carbocycles. The van der Waals surface area contributed by atoms with Crippen molar-refractivity contribution in [3.8, 4) is 0 Å². The minimum absolute atomic E-state index is 0.125. The van der Waals surface area contributed by atoms with Gasteiger partial charge in [-0.3, -0.25) is 14.5 Å². The number of carbonyl (C=O) groups excluding carboxylic acids is 3. The topological polar surface area (TPSA) is 113 Å². The molecule has 2 aromatic carbocycles. The van der Waals surface area contributed by atoms with Crippen LogP contribution in [0.1, 0.15) is 18.9 Å². The minimum Gasteiger partial charge on any atom is -0.325 e. The Morgan fingerprint density at radius 3 is 2.24 bits per heavy atom. The summed E-state index contributed by atoms with van der Waals surface area (Å²) in [4.78, 5) is 38.8. The molecule has 29 heavy (non-hydrogen) atoms. The highest BCUT2D eigenvalue weighted by Gasteiger charge is 2.51. The first-order valence-electron chi connectivity index (χ1n) is 8.97. The number of benzene rings is 2. The number of hydrogen-bond donors (Lipinski definition) is 2. The monoisotopic (exact) mass is 415 g/mol. The molecule has 4 amide bonds. The maximum atomic E-state index is 13.0. The summed E-state index contributed by atoms with van der Waals surface area (Å²) in [5.41, 5.74) is -0.185. The number of hydrogen-bond acceptors (Lipinski definition) is 5. The molecular weight excluding hydrogens is 394 g/mol. The van der Waals surface area contributed by atoms with E-state index in [1.54, 1.807) is 31.2 Å². The van der Waals surface area contributed by atoms with E-state index in [0.29, 0.717) is 17.7 Å². The number of nitrogens with zero attached hydrogens (tertiary/aromatic N) is 1. The summed E-state index contributed by atoms with van der Waals surface area (Å²) >= 11 is 0. The molecule has 0 spiro atoms. The molecule has 3 rings (SSSR count).